The van der Waals surface area contributed by atoms with Gasteiger partial charge in [-0.2, -0.15) is 0 Å². The molecule has 0 spiro atoms. The van der Waals surface area contributed by atoms with Crippen LogP contribution in [0.1, 0.15) is 37.7 Å². The van der Waals surface area contributed by atoms with E-state index in [0.29, 0.717) is 18.2 Å². The lowest BCUT2D eigenvalue weighted by Gasteiger charge is -2.24. The minimum absolute atomic E-state index is 0.343. The zero-order valence-electron chi connectivity index (χ0n) is 11.4. The van der Waals surface area contributed by atoms with Crippen LogP contribution in [0.25, 0.3) is 0 Å². The highest BCUT2D eigenvalue weighted by molar-refractivity contribution is 5.76. The summed E-state index contributed by atoms with van der Waals surface area (Å²) in [6, 6.07) is 10.9. The number of hydrogen-bond acceptors (Lipinski definition) is 2. The molecule has 2 heteroatoms. The summed E-state index contributed by atoms with van der Waals surface area (Å²) in [6.07, 6.45) is 11.2. The molecule has 100 valence electrons. The first-order chi connectivity index (χ1) is 9.27. The van der Waals surface area contributed by atoms with Crippen molar-refractivity contribution in [2.75, 3.05) is 0 Å². The monoisotopic (exact) mass is 255 g/mol. The molecule has 1 heterocycles. The molecule has 1 aliphatic carbocycles. The van der Waals surface area contributed by atoms with E-state index < -0.39 is 0 Å². The number of allylic oxidation sites excluding steroid dienone is 2. The predicted octanol–water partition coefficient (Wildman–Crippen LogP) is 4.65. The third kappa shape index (κ3) is 4.09. The van der Waals surface area contributed by atoms with Crippen LogP contribution in [0, 0.1) is 11.3 Å². The Morgan fingerprint density at radius 2 is 1.95 bits per heavy atom. The molecule has 0 fully saturated rings. The molecule has 1 aromatic rings. The third-order valence-corrected chi connectivity index (χ3v) is 3.56. The first kappa shape index (κ1) is 13.6. The van der Waals surface area contributed by atoms with Crippen molar-refractivity contribution in [2.45, 2.75) is 32.1 Å². The van der Waals surface area contributed by atoms with E-state index in [-0.39, 0.29) is 0 Å². The van der Waals surface area contributed by atoms with Gasteiger partial charge < -0.3 is 4.74 Å². The van der Waals surface area contributed by atoms with Crippen LogP contribution in [-0.2, 0) is 4.74 Å². The summed E-state index contributed by atoms with van der Waals surface area (Å²) in [5.41, 5.74) is 1.50. The summed E-state index contributed by atoms with van der Waals surface area (Å²) >= 11 is 0. The lowest BCUT2D eigenvalue weighted by molar-refractivity contribution is 0.478. The Morgan fingerprint density at radius 1 is 1.16 bits per heavy atom. The van der Waals surface area contributed by atoms with Gasteiger partial charge in [-0.05, 0) is 36.3 Å². The van der Waals surface area contributed by atoms with Crippen LogP contribution in [0.15, 0.2) is 54.8 Å². The van der Waals surface area contributed by atoms with E-state index in [1.165, 1.54) is 24.7 Å². The number of hydrogen-bond donors (Lipinski definition) is 1. The van der Waals surface area contributed by atoms with Gasteiger partial charge in [0.2, 0.25) is 0 Å². The quantitative estimate of drug-likeness (QED) is 0.728. The third-order valence-electron chi connectivity index (χ3n) is 3.56. The van der Waals surface area contributed by atoms with Gasteiger partial charge in [0, 0.05) is 6.42 Å². The molecule has 1 aliphatic heterocycles. The lowest BCUT2D eigenvalue weighted by atomic mass is 9.80. The van der Waals surface area contributed by atoms with Crippen molar-refractivity contribution in [2.24, 2.45) is 5.92 Å². The fraction of sp³-hybridized carbons (Fsp3) is 0.353. The zero-order chi connectivity index (χ0) is 13.5. The highest BCUT2D eigenvalue weighted by Crippen LogP contribution is 2.33. The minimum atomic E-state index is 0.343. The second kappa shape index (κ2) is 6.93. The van der Waals surface area contributed by atoms with E-state index in [0.717, 1.165) is 5.92 Å². The van der Waals surface area contributed by atoms with Crippen LogP contribution < -0.4 is 0 Å². The molecule has 19 heavy (non-hydrogen) atoms. The molecule has 2 atom stereocenters. The van der Waals surface area contributed by atoms with Crippen molar-refractivity contribution in [3.05, 3.63) is 60.4 Å². The highest BCUT2D eigenvalue weighted by atomic mass is 16.5. The maximum atomic E-state index is 6.76. The van der Waals surface area contributed by atoms with Crippen LogP contribution in [0.5, 0.6) is 0 Å². The molecule has 2 unspecified atom stereocenters. The Labute approximate surface area is 115 Å². The molecule has 0 radical (unpaired) electrons. The normalized spacial score (nSPS) is 24.6. The van der Waals surface area contributed by atoms with Gasteiger partial charge in [0.25, 0.3) is 0 Å². The Balaban J connectivity index is 0.000000186. The molecular weight excluding hydrogens is 234 g/mol. The highest BCUT2D eigenvalue weighted by Gasteiger charge is 2.18. The molecule has 0 bridgehead atoms. The molecule has 1 N–H and O–H groups in total. The van der Waals surface area contributed by atoms with Crippen molar-refractivity contribution < 1.29 is 4.74 Å². The second-order valence-electron chi connectivity index (χ2n) is 5.00. The summed E-state index contributed by atoms with van der Waals surface area (Å²) in [7, 11) is 0. The van der Waals surface area contributed by atoms with Gasteiger partial charge in [0.15, 0.2) is 5.90 Å². The van der Waals surface area contributed by atoms with E-state index in [1.54, 1.807) is 0 Å². The molecule has 2 nitrogen and oxygen atoms in total. The van der Waals surface area contributed by atoms with Gasteiger partial charge in [0.1, 0.15) is 0 Å². The molecule has 0 saturated heterocycles. The molecular formula is C17H21NO. The SMILES string of the molecule is CC1C=CCCC1c1ccccc1.N=C1CC=CO1. The molecule has 0 aromatic heterocycles. The molecule has 3 rings (SSSR count). The second-order valence-corrected chi connectivity index (χ2v) is 5.00. The standard InChI is InChI=1S/C13H16.C4H5NO/c1-11-7-5-6-10-13(11)12-8-3-2-4-9-12;5-4-2-1-3-6-4/h2-5,7-9,11,13H,6,10H2,1H3;1,3,5H,2H2. The van der Waals surface area contributed by atoms with E-state index in [1.807, 2.05) is 6.08 Å². The number of nitrogens with one attached hydrogen (secondary N) is 1. The van der Waals surface area contributed by atoms with Gasteiger partial charge >= 0.3 is 0 Å². The average molecular weight is 255 g/mol. The summed E-state index contributed by atoms with van der Waals surface area (Å²) in [5.74, 6) is 1.79. The Bertz CT molecular complexity index is 451. The van der Waals surface area contributed by atoms with E-state index in [2.05, 4.69) is 54.1 Å². The van der Waals surface area contributed by atoms with E-state index >= 15 is 0 Å². The maximum Gasteiger partial charge on any atom is 0.190 e. The number of ether oxygens (including phenoxy) is 1. The Kier molecular flexibility index (Phi) is 4.96. The first-order valence-corrected chi connectivity index (χ1v) is 6.88. The first-order valence-electron chi connectivity index (χ1n) is 6.88. The van der Waals surface area contributed by atoms with Crippen LogP contribution in [0.2, 0.25) is 0 Å². The van der Waals surface area contributed by atoms with Crippen LogP contribution in [0.4, 0.5) is 0 Å². The van der Waals surface area contributed by atoms with Crippen LogP contribution in [-0.4, -0.2) is 5.90 Å². The molecule has 0 saturated carbocycles. The van der Waals surface area contributed by atoms with Gasteiger partial charge in [-0.3, -0.25) is 5.41 Å². The Hall–Kier alpha value is -1.83. The van der Waals surface area contributed by atoms with Crippen LogP contribution >= 0.6 is 0 Å². The van der Waals surface area contributed by atoms with Crippen molar-refractivity contribution in [3.63, 3.8) is 0 Å². The van der Waals surface area contributed by atoms with Gasteiger partial charge in [0.05, 0.1) is 6.26 Å². The molecule has 2 aliphatic rings. The van der Waals surface area contributed by atoms with E-state index in [4.69, 9.17) is 5.41 Å². The largest absolute Gasteiger partial charge is 0.451 e. The number of benzene rings is 1. The fourth-order valence-corrected chi connectivity index (χ4v) is 2.49. The Morgan fingerprint density at radius 3 is 2.47 bits per heavy atom. The fourth-order valence-electron chi connectivity index (χ4n) is 2.49. The van der Waals surface area contributed by atoms with Crippen molar-refractivity contribution >= 4 is 5.90 Å². The van der Waals surface area contributed by atoms with E-state index in [9.17, 15) is 0 Å². The average Bonchev–Trinajstić information content (AvgIpc) is 2.92. The maximum absolute atomic E-state index is 6.76. The summed E-state index contributed by atoms with van der Waals surface area (Å²) in [6.45, 7) is 2.31. The van der Waals surface area contributed by atoms with Crippen molar-refractivity contribution in [1.82, 2.24) is 0 Å². The van der Waals surface area contributed by atoms with Gasteiger partial charge in [-0.1, -0.05) is 49.4 Å². The smallest absolute Gasteiger partial charge is 0.190 e. The van der Waals surface area contributed by atoms with Crippen molar-refractivity contribution in [3.8, 4) is 0 Å². The lowest BCUT2D eigenvalue weighted by Crippen LogP contribution is -2.10. The van der Waals surface area contributed by atoms with Crippen molar-refractivity contribution in [1.29, 1.82) is 5.41 Å². The topological polar surface area (TPSA) is 33.1 Å². The minimum Gasteiger partial charge on any atom is -0.451 e. The molecule has 0 amide bonds. The molecule has 1 aromatic carbocycles. The summed E-state index contributed by atoms with van der Waals surface area (Å²) in [5, 5.41) is 6.76. The van der Waals surface area contributed by atoms with Gasteiger partial charge in [-0.15, -0.1) is 0 Å². The van der Waals surface area contributed by atoms with Gasteiger partial charge in [-0.25, -0.2) is 0 Å². The predicted molar refractivity (Wildman–Crippen MR) is 79.3 cm³/mol. The summed E-state index contributed by atoms with van der Waals surface area (Å²) < 4.78 is 4.56. The van der Waals surface area contributed by atoms with Crippen LogP contribution in [0.3, 0.4) is 0 Å². The summed E-state index contributed by atoms with van der Waals surface area (Å²) in [4.78, 5) is 0. The zero-order valence-corrected chi connectivity index (χ0v) is 11.4. The number of rotatable bonds is 1.